The smallest absolute Gasteiger partial charge is 0.224 e. The minimum atomic E-state index is 0.186. The minimum absolute atomic E-state index is 0.186. The van der Waals surface area contributed by atoms with E-state index >= 15 is 0 Å². The molecule has 7 heteroatoms. The molecule has 0 saturated carbocycles. The van der Waals surface area contributed by atoms with E-state index in [1.54, 1.807) is 6.20 Å². The van der Waals surface area contributed by atoms with Crippen LogP contribution in [0.1, 0.15) is 57.1 Å². The molecule has 30 heavy (non-hydrogen) atoms. The molecule has 7 nitrogen and oxygen atoms in total. The summed E-state index contributed by atoms with van der Waals surface area (Å²) < 4.78 is 0. The van der Waals surface area contributed by atoms with Crippen LogP contribution in [-0.2, 0) is 4.79 Å². The number of likely N-dealkylation sites (tertiary alicyclic amines) is 1. The second-order valence-corrected chi connectivity index (χ2v) is 8.29. The van der Waals surface area contributed by atoms with Crippen molar-refractivity contribution < 1.29 is 4.79 Å². The third-order valence-electron chi connectivity index (χ3n) is 6.27. The third kappa shape index (κ3) is 4.89. The molecule has 0 aliphatic carbocycles. The van der Waals surface area contributed by atoms with Crippen LogP contribution < -0.4 is 10.2 Å². The van der Waals surface area contributed by atoms with E-state index in [0.717, 1.165) is 57.7 Å². The highest BCUT2D eigenvalue weighted by molar-refractivity contribution is 5.77. The molecule has 0 spiro atoms. The van der Waals surface area contributed by atoms with Crippen LogP contribution in [0.4, 0.5) is 11.8 Å². The van der Waals surface area contributed by atoms with Crippen LogP contribution in [-0.4, -0.2) is 51.9 Å². The molecule has 2 aliphatic heterocycles. The quantitative estimate of drug-likeness (QED) is 0.786. The van der Waals surface area contributed by atoms with Gasteiger partial charge in [0.05, 0.1) is 6.04 Å². The maximum Gasteiger partial charge on any atom is 0.224 e. The predicted molar refractivity (Wildman–Crippen MR) is 118 cm³/mol. The molecule has 4 heterocycles. The van der Waals surface area contributed by atoms with Crippen LogP contribution in [0, 0.1) is 5.92 Å². The molecule has 1 unspecified atom stereocenters. The van der Waals surface area contributed by atoms with Gasteiger partial charge in [-0.25, -0.2) is 4.98 Å². The minimum Gasteiger partial charge on any atom is -0.356 e. The SMILES string of the molecule is CCNc1nccc(N2CCC(CC(=O)N3CCCCC3c3cccnc3)CC2)n1. The normalized spacial score (nSPS) is 20.2. The number of anilines is 2. The summed E-state index contributed by atoms with van der Waals surface area (Å²) in [6.45, 7) is 5.59. The van der Waals surface area contributed by atoms with Crippen LogP contribution in [0.25, 0.3) is 0 Å². The molecule has 2 fully saturated rings. The Hall–Kier alpha value is -2.70. The number of hydrogen-bond acceptors (Lipinski definition) is 6. The number of rotatable bonds is 6. The van der Waals surface area contributed by atoms with Crippen LogP contribution in [0.3, 0.4) is 0 Å². The number of aromatic nitrogens is 3. The summed E-state index contributed by atoms with van der Waals surface area (Å²) in [7, 11) is 0. The molecular weight excluding hydrogens is 376 g/mol. The number of nitrogens with one attached hydrogen (secondary N) is 1. The lowest BCUT2D eigenvalue weighted by Crippen LogP contribution is -2.41. The van der Waals surface area contributed by atoms with Crippen molar-refractivity contribution in [3.05, 3.63) is 42.4 Å². The van der Waals surface area contributed by atoms with Gasteiger partial charge in [-0.3, -0.25) is 9.78 Å². The molecule has 0 radical (unpaired) electrons. The fourth-order valence-electron chi connectivity index (χ4n) is 4.65. The first-order chi connectivity index (χ1) is 14.7. The van der Waals surface area contributed by atoms with Crippen LogP contribution in [0.15, 0.2) is 36.8 Å². The van der Waals surface area contributed by atoms with E-state index in [1.807, 2.05) is 31.5 Å². The van der Waals surface area contributed by atoms with Crippen molar-refractivity contribution in [2.45, 2.75) is 51.5 Å². The molecule has 2 aromatic rings. The van der Waals surface area contributed by atoms with Crippen molar-refractivity contribution in [1.82, 2.24) is 19.9 Å². The topological polar surface area (TPSA) is 74.2 Å². The van der Waals surface area contributed by atoms with Crippen molar-refractivity contribution in [1.29, 1.82) is 0 Å². The van der Waals surface area contributed by atoms with E-state index in [2.05, 4.69) is 36.1 Å². The largest absolute Gasteiger partial charge is 0.356 e. The van der Waals surface area contributed by atoms with Gasteiger partial charge in [0, 0.05) is 51.2 Å². The van der Waals surface area contributed by atoms with Gasteiger partial charge in [-0.2, -0.15) is 4.98 Å². The van der Waals surface area contributed by atoms with E-state index in [4.69, 9.17) is 0 Å². The number of amides is 1. The number of piperidine rings is 2. The van der Waals surface area contributed by atoms with Crippen molar-refractivity contribution in [3.63, 3.8) is 0 Å². The fourth-order valence-corrected chi connectivity index (χ4v) is 4.65. The molecule has 2 saturated heterocycles. The Kier molecular flexibility index (Phi) is 6.77. The van der Waals surface area contributed by atoms with Gasteiger partial charge in [0.2, 0.25) is 11.9 Å². The maximum atomic E-state index is 13.2. The summed E-state index contributed by atoms with van der Waals surface area (Å²) in [5, 5.41) is 3.17. The van der Waals surface area contributed by atoms with Gasteiger partial charge in [0.25, 0.3) is 0 Å². The summed E-state index contributed by atoms with van der Waals surface area (Å²) in [4.78, 5) is 30.7. The van der Waals surface area contributed by atoms with E-state index in [-0.39, 0.29) is 6.04 Å². The Morgan fingerprint density at radius 2 is 2.00 bits per heavy atom. The first kappa shape index (κ1) is 20.6. The highest BCUT2D eigenvalue weighted by Gasteiger charge is 2.30. The number of pyridine rings is 1. The predicted octanol–water partition coefficient (Wildman–Crippen LogP) is 3.66. The second kappa shape index (κ2) is 9.87. The molecule has 0 aromatic carbocycles. The molecule has 2 aromatic heterocycles. The Balaban J connectivity index is 1.33. The van der Waals surface area contributed by atoms with Gasteiger partial charge in [0.1, 0.15) is 5.82 Å². The Morgan fingerprint density at radius 3 is 2.77 bits per heavy atom. The lowest BCUT2D eigenvalue weighted by molar-refractivity contribution is -0.136. The van der Waals surface area contributed by atoms with Gasteiger partial charge < -0.3 is 15.1 Å². The highest BCUT2D eigenvalue weighted by Crippen LogP contribution is 2.33. The lowest BCUT2D eigenvalue weighted by atomic mass is 9.91. The number of carbonyl (C=O) groups is 1. The highest BCUT2D eigenvalue weighted by atomic mass is 16.2. The molecular formula is C23H32N6O. The molecule has 4 rings (SSSR count). The summed E-state index contributed by atoms with van der Waals surface area (Å²) in [5.74, 6) is 2.40. The zero-order chi connectivity index (χ0) is 20.8. The first-order valence-electron chi connectivity index (χ1n) is 11.3. The fraction of sp³-hybridized carbons (Fsp3) is 0.565. The molecule has 1 amide bonds. The van der Waals surface area contributed by atoms with Gasteiger partial charge in [-0.05, 0) is 62.6 Å². The molecule has 160 valence electrons. The Labute approximate surface area is 178 Å². The molecule has 1 N–H and O–H groups in total. The van der Waals surface area contributed by atoms with Gasteiger partial charge >= 0.3 is 0 Å². The number of carbonyl (C=O) groups excluding carboxylic acids is 1. The monoisotopic (exact) mass is 408 g/mol. The van der Waals surface area contributed by atoms with Crippen molar-refractivity contribution >= 4 is 17.7 Å². The van der Waals surface area contributed by atoms with Gasteiger partial charge in [-0.1, -0.05) is 6.07 Å². The van der Waals surface area contributed by atoms with E-state index in [1.165, 1.54) is 12.0 Å². The Bertz CT molecular complexity index is 821. The van der Waals surface area contributed by atoms with E-state index in [0.29, 0.717) is 24.2 Å². The van der Waals surface area contributed by atoms with E-state index in [9.17, 15) is 4.79 Å². The van der Waals surface area contributed by atoms with Crippen molar-refractivity contribution in [2.24, 2.45) is 5.92 Å². The third-order valence-corrected chi connectivity index (χ3v) is 6.27. The molecule has 2 aliphatic rings. The number of nitrogens with zero attached hydrogens (tertiary/aromatic N) is 5. The van der Waals surface area contributed by atoms with Crippen LogP contribution >= 0.6 is 0 Å². The molecule has 0 bridgehead atoms. The zero-order valence-electron chi connectivity index (χ0n) is 17.8. The van der Waals surface area contributed by atoms with Crippen molar-refractivity contribution in [3.8, 4) is 0 Å². The van der Waals surface area contributed by atoms with Gasteiger partial charge in [0.15, 0.2) is 0 Å². The average molecular weight is 409 g/mol. The maximum absolute atomic E-state index is 13.2. The van der Waals surface area contributed by atoms with Crippen LogP contribution in [0.2, 0.25) is 0 Å². The first-order valence-corrected chi connectivity index (χ1v) is 11.3. The lowest BCUT2D eigenvalue weighted by Gasteiger charge is -2.38. The summed E-state index contributed by atoms with van der Waals surface area (Å²) in [6, 6.07) is 6.23. The van der Waals surface area contributed by atoms with Crippen molar-refractivity contribution in [2.75, 3.05) is 36.4 Å². The standard InChI is InChI=1S/C23H32N6O/c1-2-25-23-26-12-8-21(27-23)28-14-9-18(10-15-28)16-22(30)29-13-4-3-7-20(29)19-6-5-11-24-17-19/h5-6,8,11-12,17-18,20H,2-4,7,9-10,13-16H2,1H3,(H,25,26,27). The zero-order valence-corrected chi connectivity index (χ0v) is 17.8. The summed E-state index contributed by atoms with van der Waals surface area (Å²) in [5.41, 5.74) is 1.17. The molecule has 1 atom stereocenters. The van der Waals surface area contributed by atoms with Gasteiger partial charge in [-0.15, -0.1) is 0 Å². The van der Waals surface area contributed by atoms with E-state index < -0.39 is 0 Å². The van der Waals surface area contributed by atoms with Crippen LogP contribution in [0.5, 0.6) is 0 Å². The summed E-state index contributed by atoms with van der Waals surface area (Å²) >= 11 is 0. The average Bonchev–Trinajstić information content (AvgIpc) is 2.80. The summed E-state index contributed by atoms with van der Waals surface area (Å²) in [6.07, 6.45) is 11.5. The second-order valence-electron chi connectivity index (χ2n) is 8.29. The number of hydrogen-bond donors (Lipinski definition) is 1. The Morgan fingerprint density at radius 1 is 1.13 bits per heavy atom.